The van der Waals surface area contributed by atoms with Gasteiger partial charge >= 0.3 is 5.97 Å². The zero-order valence-electron chi connectivity index (χ0n) is 11.6. The van der Waals surface area contributed by atoms with Crippen LogP contribution in [0.25, 0.3) is 11.0 Å². The quantitative estimate of drug-likeness (QED) is 0.743. The van der Waals surface area contributed by atoms with Gasteiger partial charge in [0.25, 0.3) is 0 Å². The fourth-order valence-corrected chi connectivity index (χ4v) is 2.13. The van der Waals surface area contributed by atoms with Gasteiger partial charge in [-0.2, -0.15) is 0 Å². The molecule has 2 aromatic rings. The lowest BCUT2D eigenvalue weighted by Gasteiger charge is -2.12. The highest BCUT2D eigenvalue weighted by Gasteiger charge is 2.20. The third-order valence-corrected chi connectivity index (χ3v) is 3.21. The van der Waals surface area contributed by atoms with Crippen LogP contribution in [0, 0.1) is 6.92 Å². The number of aryl methyl sites for hydroxylation is 1. The number of carbonyl (C=O) groups excluding carboxylic acids is 1. The molecule has 0 aliphatic rings. The van der Waals surface area contributed by atoms with Crippen molar-refractivity contribution in [2.45, 2.75) is 25.8 Å². The molecule has 1 aromatic heterocycles. The van der Waals surface area contributed by atoms with Crippen LogP contribution < -0.4 is 5.32 Å². The molecule has 6 heteroatoms. The van der Waals surface area contributed by atoms with Crippen molar-refractivity contribution in [3.05, 3.63) is 35.6 Å². The summed E-state index contributed by atoms with van der Waals surface area (Å²) in [5.41, 5.74) is 2.46. The Bertz CT molecular complexity index is 661. The van der Waals surface area contributed by atoms with E-state index in [1.165, 1.54) is 6.26 Å². The van der Waals surface area contributed by atoms with Crippen LogP contribution in [0.5, 0.6) is 0 Å². The summed E-state index contributed by atoms with van der Waals surface area (Å²) in [6, 6.07) is 4.59. The summed E-state index contributed by atoms with van der Waals surface area (Å²) in [6.45, 7) is 1.64. The lowest BCUT2D eigenvalue weighted by Crippen LogP contribution is -2.42. The predicted octanol–water partition coefficient (Wildman–Crippen LogP) is 1.24. The van der Waals surface area contributed by atoms with E-state index in [1.807, 2.05) is 25.1 Å². The highest BCUT2D eigenvalue weighted by atomic mass is 16.4. The molecule has 3 N–H and O–H groups in total. The number of benzene rings is 1. The second kappa shape index (κ2) is 6.41. The van der Waals surface area contributed by atoms with Gasteiger partial charge in [-0.1, -0.05) is 12.1 Å². The van der Waals surface area contributed by atoms with Crippen molar-refractivity contribution < 1.29 is 24.2 Å². The van der Waals surface area contributed by atoms with Crippen LogP contribution in [0.1, 0.15) is 17.5 Å². The molecule has 1 heterocycles. The first-order valence-electron chi connectivity index (χ1n) is 6.61. The summed E-state index contributed by atoms with van der Waals surface area (Å²) in [4.78, 5) is 22.8. The Morgan fingerprint density at radius 3 is 2.81 bits per heavy atom. The number of carbonyl (C=O) groups is 2. The molecule has 0 radical (unpaired) electrons. The molecule has 1 amide bonds. The maximum atomic E-state index is 11.9. The van der Waals surface area contributed by atoms with Gasteiger partial charge < -0.3 is 19.9 Å². The fraction of sp³-hybridized carbons (Fsp3) is 0.333. The van der Waals surface area contributed by atoms with Crippen LogP contribution in [0.15, 0.2) is 28.9 Å². The summed E-state index contributed by atoms with van der Waals surface area (Å²) in [5, 5.41) is 21.0. The molecule has 112 valence electrons. The number of hydrogen-bond donors (Lipinski definition) is 3. The molecule has 2 rings (SSSR count). The van der Waals surface area contributed by atoms with Crippen LogP contribution in [0.2, 0.25) is 0 Å². The van der Waals surface area contributed by atoms with Gasteiger partial charge in [-0.15, -0.1) is 0 Å². The molecule has 0 aliphatic heterocycles. The molecule has 1 aromatic carbocycles. The van der Waals surface area contributed by atoms with Gasteiger partial charge in [-0.05, 0) is 18.6 Å². The van der Waals surface area contributed by atoms with Crippen molar-refractivity contribution in [1.29, 1.82) is 0 Å². The number of furan rings is 1. The van der Waals surface area contributed by atoms with Crippen molar-refractivity contribution in [1.82, 2.24) is 5.32 Å². The van der Waals surface area contributed by atoms with Crippen LogP contribution in [-0.4, -0.2) is 34.7 Å². The molecule has 0 spiro atoms. The van der Waals surface area contributed by atoms with Gasteiger partial charge in [0.1, 0.15) is 11.6 Å². The lowest BCUT2D eigenvalue weighted by molar-refractivity contribution is -0.142. The molecule has 0 unspecified atom stereocenters. The highest BCUT2D eigenvalue weighted by Crippen LogP contribution is 2.22. The van der Waals surface area contributed by atoms with E-state index < -0.39 is 17.9 Å². The summed E-state index contributed by atoms with van der Waals surface area (Å²) >= 11 is 0. The lowest BCUT2D eigenvalue weighted by atomic mass is 10.1. The molecule has 0 bridgehead atoms. The Hall–Kier alpha value is -2.34. The minimum atomic E-state index is -1.16. The molecule has 0 saturated carbocycles. The number of hydrogen-bond acceptors (Lipinski definition) is 4. The number of carboxylic acids is 1. The average Bonchev–Trinajstić information content (AvgIpc) is 2.80. The highest BCUT2D eigenvalue weighted by molar-refractivity contribution is 5.89. The molecule has 0 aliphatic carbocycles. The average molecular weight is 291 g/mol. The number of aliphatic hydroxyl groups excluding tert-OH is 1. The van der Waals surface area contributed by atoms with E-state index in [2.05, 4.69) is 5.32 Å². The van der Waals surface area contributed by atoms with Gasteiger partial charge in [0, 0.05) is 24.0 Å². The van der Waals surface area contributed by atoms with Crippen molar-refractivity contribution in [2.24, 2.45) is 0 Å². The fourth-order valence-electron chi connectivity index (χ4n) is 2.13. The molecule has 21 heavy (non-hydrogen) atoms. The Morgan fingerprint density at radius 1 is 1.38 bits per heavy atom. The van der Waals surface area contributed by atoms with Crippen LogP contribution in [0.3, 0.4) is 0 Å². The van der Waals surface area contributed by atoms with Crippen molar-refractivity contribution in [3.63, 3.8) is 0 Å². The number of rotatable bonds is 6. The number of amides is 1. The van der Waals surface area contributed by atoms with Crippen LogP contribution in [-0.2, 0) is 16.0 Å². The van der Waals surface area contributed by atoms with Gasteiger partial charge in [-0.3, -0.25) is 4.79 Å². The minimum absolute atomic E-state index is 0.0214. The first kappa shape index (κ1) is 15.1. The van der Waals surface area contributed by atoms with E-state index in [0.717, 1.165) is 10.9 Å². The van der Waals surface area contributed by atoms with E-state index in [0.29, 0.717) is 11.1 Å². The van der Waals surface area contributed by atoms with E-state index in [4.69, 9.17) is 14.6 Å². The molecule has 0 saturated heterocycles. The molecule has 1 atom stereocenters. The Kier molecular flexibility index (Phi) is 4.59. The Labute approximate surface area is 121 Å². The zero-order valence-corrected chi connectivity index (χ0v) is 11.6. The van der Waals surface area contributed by atoms with Crippen molar-refractivity contribution >= 4 is 22.8 Å². The summed E-state index contributed by atoms with van der Waals surface area (Å²) in [5.74, 6) is -1.58. The summed E-state index contributed by atoms with van der Waals surface area (Å²) in [7, 11) is 0. The topological polar surface area (TPSA) is 99.8 Å². The minimum Gasteiger partial charge on any atom is -0.480 e. The Morgan fingerprint density at radius 2 is 2.14 bits per heavy atom. The van der Waals surface area contributed by atoms with Gasteiger partial charge in [0.2, 0.25) is 5.91 Å². The number of fused-ring (bicyclic) bond motifs is 1. The van der Waals surface area contributed by atoms with Gasteiger partial charge in [-0.25, -0.2) is 4.79 Å². The number of aliphatic carboxylic acids is 1. The second-order valence-corrected chi connectivity index (χ2v) is 4.91. The third-order valence-electron chi connectivity index (χ3n) is 3.21. The predicted molar refractivity (Wildman–Crippen MR) is 75.9 cm³/mol. The maximum absolute atomic E-state index is 11.9. The van der Waals surface area contributed by atoms with Crippen LogP contribution >= 0.6 is 0 Å². The Balaban J connectivity index is 2.09. The van der Waals surface area contributed by atoms with Crippen LogP contribution in [0.4, 0.5) is 0 Å². The number of carboxylic acid groups (broad SMARTS) is 1. The van der Waals surface area contributed by atoms with E-state index in [1.54, 1.807) is 0 Å². The third kappa shape index (κ3) is 3.61. The van der Waals surface area contributed by atoms with E-state index in [9.17, 15) is 9.59 Å². The molecule has 0 fully saturated rings. The van der Waals surface area contributed by atoms with E-state index >= 15 is 0 Å². The number of nitrogens with one attached hydrogen (secondary N) is 1. The maximum Gasteiger partial charge on any atom is 0.326 e. The zero-order chi connectivity index (χ0) is 15.4. The SMILES string of the molecule is Cc1ccc2c(CC(=O)N[C@H](CCO)C(=O)O)coc2c1. The molecule has 6 nitrogen and oxygen atoms in total. The summed E-state index contributed by atoms with van der Waals surface area (Å²) < 4.78 is 5.39. The smallest absolute Gasteiger partial charge is 0.326 e. The first-order chi connectivity index (χ1) is 10.0. The number of aliphatic hydroxyl groups is 1. The largest absolute Gasteiger partial charge is 0.480 e. The van der Waals surface area contributed by atoms with Gasteiger partial charge in [0.15, 0.2) is 0 Å². The molecular formula is C15H17NO5. The second-order valence-electron chi connectivity index (χ2n) is 4.91. The van der Waals surface area contributed by atoms with Crippen molar-refractivity contribution in [2.75, 3.05) is 6.61 Å². The standard InChI is InChI=1S/C15H17NO5/c1-9-2-3-11-10(8-21-13(11)6-9)7-14(18)16-12(4-5-17)15(19)20/h2-3,6,8,12,17H,4-5,7H2,1H3,(H,16,18)(H,19,20)/t12-/m1/s1. The van der Waals surface area contributed by atoms with Gasteiger partial charge in [0.05, 0.1) is 12.7 Å². The first-order valence-corrected chi connectivity index (χ1v) is 6.61. The normalized spacial score (nSPS) is 12.3. The van der Waals surface area contributed by atoms with E-state index in [-0.39, 0.29) is 19.4 Å². The monoisotopic (exact) mass is 291 g/mol. The van der Waals surface area contributed by atoms with Crippen molar-refractivity contribution in [3.8, 4) is 0 Å². The molecular weight excluding hydrogens is 274 g/mol. The summed E-state index contributed by atoms with van der Waals surface area (Å²) in [6.07, 6.45) is 1.52.